The minimum Gasteiger partial charge on any atom is -0.370 e. The van der Waals surface area contributed by atoms with Crippen LogP contribution < -0.4 is 10.6 Å². The zero-order valence-electron chi connectivity index (χ0n) is 20.8. The summed E-state index contributed by atoms with van der Waals surface area (Å²) in [5.41, 5.74) is 8.06. The third kappa shape index (κ3) is 5.21. The van der Waals surface area contributed by atoms with E-state index in [0.717, 1.165) is 42.8 Å². The molecule has 1 aliphatic heterocycles. The summed E-state index contributed by atoms with van der Waals surface area (Å²) in [5, 5.41) is 1.03. The number of fused-ring (bicyclic) bond motifs is 1. The van der Waals surface area contributed by atoms with Crippen LogP contribution in [0.25, 0.3) is 10.9 Å². The Morgan fingerprint density at radius 1 is 1.11 bits per heavy atom. The van der Waals surface area contributed by atoms with Crippen molar-refractivity contribution in [3.05, 3.63) is 54.0 Å². The van der Waals surface area contributed by atoms with E-state index in [1.807, 2.05) is 47.2 Å². The number of hydrogen-bond donors (Lipinski definition) is 1. The van der Waals surface area contributed by atoms with E-state index >= 15 is 0 Å². The molecule has 0 bridgehead atoms. The first-order valence-electron chi connectivity index (χ1n) is 12.8. The van der Waals surface area contributed by atoms with Crippen LogP contribution in [-0.2, 0) is 16.1 Å². The molecule has 2 aliphatic rings. The number of nitrogens with two attached hydrogens (primary N) is 1. The first-order valence-corrected chi connectivity index (χ1v) is 12.8. The molecule has 36 heavy (non-hydrogen) atoms. The Balaban J connectivity index is 1.06. The van der Waals surface area contributed by atoms with Crippen LogP contribution >= 0.6 is 0 Å². The standard InChI is InChI=1S/C27H34N6O3/c1-31(23-8-11-33(12-9-23)27-29-16-22(17-30-27)19-3-2-4-19)25(34)18-36-14-13-32-10-7-20-5-6-21(26(28)35)15-24(20)32/h5-7,10,15-17,19,23H,2-4,8-9,11-14,18H2,1H3,(H2,28,35). The molecule has 1 saturated carbocycles. The Labute approximate surface area is 211 Å². The summed E-state index contributed by atoms with van der Waals surface area (Å²) in [5.74, 6) is 0.969. The van der Waals surface area contributed by atoms with Gasteiger partial charge in [0.25, 0.3) is 0 Å². The number of carbonyl (C=O) groups excluding carboxylic acids is 2. The predicted molar refractivity (Wildman–Crippen MR) is 138 cm³/mol. The van der Waals surface area contributed by atoms with Crippen LogP contribution in [0.4, 0.5) is 5.95 Å². The Bertz CT molecular complexity index is 1210. The zero-order chi connectivity index (χ0) is 25.1. The minimum absolute atomic E-state index is 0.0112. The number of primary amides is 1. The van der Waals surface area contributed by atoms with Gasteiger partial charge in [0.1, 0.15) is 6.61 Å². The summed E-state index contributed by atoms with van der Waals surface area (Å²) in [6.07, 6.45) is 11.5. The van der Waals surface area contributed by atoms with Crippen molar-refractivity contribution in [2.24, 2.45) is 5.73 Å². The van der Waals surface area contributed by atoms with Gasteiger partial charge in [0, 0.05) is 62.4 Å². The Morgan fingerprint density at radius 3 is 2.53 bits per heavy atom. The number of aromatic nitrogens is 3. The lowest BCUT2D eigenvalue weighted by atomic mass is 9.81. The van der Waals surface area contributed by atoms with Crippen LogP contribution in [0.15, 0.2) is 42.9 Å². The van der Waals surface area contributed by atoms with Gasteiger partial charge in [0.2, 0.25) is 17.8 Å². The smallest absolute Gasteiger partial charge is 0.248 e. The van der Waals surface area contributed by atoms with Gasteiger partial charge in [0.15, 0.2) is 0 Å². The van der Waals surface area contributed by atoms with Crippen molar-refractivity contribution < 1.29 is 14.3 Å². The third-order valence-electron chi connectivity index (χ3n) is 7.68. The van der Waals surface area contributed by atoms with Crippen molar-refractivity contribution in [1.29, 1.82) is 0 Å². The summed E-state index contributed by atoms with van der Waals surface area (Å²) in [7, 11) is 1.86. The largest absolute Gasteiger partial charge is 0.370 e. The molecular weight excluding hydrogens is 456 g/mol. The summed E-state index contributed by atoms with van der Waals surface area (Å²) in [6.45, 7) is 2.70. The first kappa shape index (κ1) is 24.2. The molecule has 9 nitrogen and oxygen atoms in total. The van der Waals surface area contributed by atoms with Gasteiger partial charge in [-0.05, 0) is 60.7 Å². The minimum atomic E-state index is -0.449. The fourth-order valence-electron chi connectivity index (χ4n) is 5.06. The van der Waals surface area contributed by atoms with Gasteiger partial charge >= 0.3 is 0 Å². The summed E-state index contributed by atoms with van der Waals surface area (Å²) in [4.78, 5) is 37.4. The van der Waals surface area contributed by atoms with Crippen molar-refractivity contribution in [3.8, 4) is 0 Å². The molecular formula is C27H34N6O3. The van der Waals surface area contributed by atoms with Crippen molar-refractivity contribution in [2.45, 2.75) is 50.6 Å². The third-order valence-corrected chi connectivity index (χ3v) is 7.68. The molecule has 0 unspecified atom stereocenters. The molecule has 0 radical (unpaired) electrons. The SMILES string of the molecule is CN(C(=O)COCCn1ccc2ccc(C(N)=O)cc21)C1CCN(c2ncc(C3CCC3)cn2)CC1. The highest BCUT2D eigenvalue weighted by molar-refractivity contribution is 5.97. The first-order chi connectivity index (χ1) is 17.5. The predicted octanol–water partition coefficient (Wildman–Crippen LogP) is 2.94. The fourth-order valence-corrected chi connectivity index (χ4v) is 5.06. The Kier molecular flexibility index (Phi) is 7.18. The van der Waals surface area contributed by atoms with Gasteiger partial charge in [-0.3, -0.25) is 9.59 Å². The number of likely N-dealkylation sites (N-methyl/N-ethyl adjacent to an activating group) is 1. The number of nitrogens with zero attached hydrogens (tertiary/aromatic N) is 5. The van der Waals surface area contributed by atoms with E-state index < -0.39 is 5.91 Å². The number of benzene rings is 1. The van der Waals surface area contributed by atoms with E-state index in [1.54, 1.807) is 12.1 Å². The highest BCUT2D eigenvalue weighted by Gasteiger charge is 2.27. The highest BCUT2D eigenvalue weighted by atomic mass is 16.5. The van der Waals surface area contributed by atoms with E-state index in [1.165, 1.54) is 24.8 Å². The lowest BCUT2D eigenvalue weighted by molar-refractivity contribution is -0.137. The molecule has 2 amide bonds. The zero-order valence-corrected chi connectivity index (χ0v) is 20.8. The van der Waals surface area contributed by atoms with Crippen LogP contribution in [0.1, 0.15) is 53.9 Å². The molecule has 2 aromatic heterocycles. The number of piperidine rings is 1. The maximum absolute atomic E-state index is 12.7. The quantitative estimate of drug-likeness (QED) is 0.462. The van der Waals surface area contributed by atoms with E-state index in [-0.39, 0.29) is 18.6 Å². The van der Waals surface area contributed by atoms with Crippen LogP contribution in [0.5, 0.6) is 0 Å². The maximum atomic E-state index is 12.7. The molecule has 2 fully saturated rings. The van der Waals surface area contributed by atoms with E-state index in [0.29, 0.717) is 24.6 Å². The molecule has 3 aromatic rings. The lowest BCUT2D eigenvalue weighted by Gasteiger charge is -2.36. The van der Waals surface area contributed by atoms with Gasteiger partial charge in [0.05, 0.1) is 6.61 Å². The number of rotatable bonds is 9. The van der Waals surface area contributed by atoms with Gasteiger partial charge < -0.3 is 24.8 Å². The molecule has 1 aromatic carbocycles. The fraction of sp³-hybridized carbons (Fsp3) is 0.481. The molecule has 5 rings (SSSR count). The van der Waals surface area contributed by atoms with E-state index in [4.69, 9.17) is 10.5 Å². The molecule has 3 heterocycles. The van der Waals surface area contributed by atoms with Crippen LogP contribution in [-0.4, -0.2) is 70.6 Å². The molecule has 190 valence electrons. The normalized spacial score (nSPS) is 16.8. The molecule has 1 saturated heterocycles. The number of carbonyl (C=O) groups is 2. The number of anilines is 1. The van der Waals surface area contributed by atoms with Crippen molar-refractivity contribution in [2.75, 3.05) is 38.3 Å². The van der Waals surface area contributed by atoms with Crippen LogP contribution in [0, 0.1) is 0 Å². The second-order valence-electron chi connectivity index (χ2n) is 9.87. The number of hydrogen-bond acceptors (Lipinski definition) is 6. The van der Waals surface area contributed by atoms with Crippen LogP contribution in [0.2, 0.25) is 0 Å². The number of amides is 2. The molecule has 9 heteroatoms. The molecule has 1 aliphatic carbocycles. The Hall–Kier alpha value is -3.46. The van der Waals surface area contributed by atoms with Gasteiger partial charge in [-0.25, -0.2) is 9.97 Å². The average Bonchev–Trinajstić information content (AvgIpc) is 3.28. The summed E-state index contributed by atoms with van der Waals surface area (Å²) in [6, 6.07) is 7.57. The molecule has 0 spiro atoms. The number of ether oxygens (including phenoxy) is 1. The van der Waals surface area contributed by atoms with Gasteiger partial charge in [-0.1, -0.05) is 12.5 Å². The summed E-state index contributed by atoms with van der Waals surface area (Å²) < 4.78 is 7.71. The molecule has 2 N–H and O–H groups in total. The van der Waals surface area contributed by atoms with Crippen molar-refractivity contribution >= 4 is 28.7 Å². The van der Waals surface area contributed by atoms with Crippen LogP contribution in [0.3, 0.4) is 0 Å². The van der Waals surface area contributed by atoms with Gasteiger partial charge in [-0.15, -0.1) is 0 Å². The second-order valence-corrected chi connectivity index (χ2v) is 9.87. The monoisotopic (exact) mass is 490 g/mol. The maximum Gasteiger partial charge on any atom is 0.248 e. The Morgan fingerprint density at radius 2 is 1.86 bits per heavy atom. The van der Waals surface area contributed by atoms with E-state index in [9.17, 15) is 9.59 Å². The second kappa shape index (κ2) is 10.7. The lowest BCUT2D eigenvalue weighted by Crippen LogP contribution is -2.47. The summed E-state index contributed by atoms with van der Waals surface area (Å²) >= 11 is 0. The van der Waals surface area contributed by atoms with E-state index in [2.05, 4.69) is 14.9 Å². The highest BCUT2D eigenvalue weighted by Crippen LogP contribution is 2.35. The van der Waals surface area contributed by atoms with Gasteiger partial charge in [-0.2, -0.15) is 0 Å². The van der Waals surface area contributed by atoms with Crippen molar-refractivity contribution in [1.82, 2.24) is 19.4 Å². The topological polar surface area (TPSA) is 107 Å². The molecule has 0 atom stereocenters. The van der Waals surface area contributed by atoms with Crippen molar-refractivity contribution in [3.63, 3.8) is 0 Å². The average molecular weight is 491 g/mol.